The molecule has 1 amide bonds. The zero-order valence-corrected chi connectivity index (χ0v) is 8.23. The summed E-state index contributed by atoms with van der Waals surface area (Å²) in [5.41, 5.74) is 6.03. The predicted molar refractivity (Wildman–Crippen MR) is 54.4 cm³/mol. The number of carbonyl (C=O) groups is 1. The highest BCUT2D eigenvalue weighted by atomic mass is 16.1. The Bertz CT molecular complexity index is 287. The van der Waals surface area contributed by atoms with Crippen molar-refractivity contribution in [1.29, 1.82) is 0 Å². The Hall–Kier alpha value is -1.42. The maximum atomic E-state index is 10.6. The van der Waals surface area contributed by atoms with Crippen molar-refractivity contribution in [2.75, 3.05) is 0 Å². The second-order valence-electron chi connectivity index (χ2n) is 3.27. The molecule has 0 aliphatic carbocycles. The van der Waals surface area contributed by atoms with Gasteiger partial charge in [-0.15, -0.1) is 0 Å². The molecule has 0 spiro atoms. The molecule has 4 nitrogen and oxygen atoms in total. The lowest BCUT2D eigenvalue weighted by Crippen LogP contribution is -2.30. The van der Waals surface area contributed by atoms with E-state index in [2.05, 4.69) is 10.3 Å². The van der Waals surface area contributed by atoms with Crippen molar-refractivity contribution in [2.45, 2.75) is 25.9 Å². The van der Waals surface area contributed by atoms with Gasteiger partial charge in [0.1, 0.15) is 0 Å². The molecule has 1 aromatic rings. The molecule has 1 atom stereocenters. The van der Waals surface area contributed by atoms with E-state index < -0.39 is 0 Å². The first-order valence-electron chi connectivity index (χ1n) is 4.60. The van der Waals surface area contributed by atoms with E-state index in [-0.39, 0.29) is 11.9 Å². The molecule has 0 bridgehead atoms. The van der Waals surface area contributed by atoms with Gasteiger partial charge in [-0.2, -0.15) is 0 Å². The maximum absolute atomic E-state index is 10.6. The summed E-state index contributed by atoms with van der Waals surface area (Å²) < 4.78 is 0. The van der Waals surface area contributed by atoms with Crippen LogP contribution in [0.4, 0.5) is 0 Å². The van der Waals surface area contributed by atoms with Gasteiger partial charge in [-0.05, 0) is 19.1 Å². The lowest BCUT2D eigenvalue weighted by Gasteiger charge is -2.10. The molecule has 14 heavy (non-hydrogen) atoms. The number of nitrogens with one attached hydrogen (secondary N) is 1. The second-order valence-corrected chi connectivity index (χ2v) is 3.27. The minimum atomic E-state index is -0.286. The number of pyridine rings is 1. The number of rotatable bonds is 5. The van der Waals surface area contributed by atoms with E-state index in [1.165, 1.54) is 0 Å². The first-order chi connectivity index (χ1) is 6.68. The van der Waals surface area contributed by atoms with Gasteiger partial charge in [0.15, 0.2) is 0 Å². The third kappa shape index (κ3) is 4.00. The molecule has 0 saturated carbocycles. The van der Waals surface area contributed by atoms with Crippen LogP contribution in [0, 0.1) is 0 Å². The van der Waals surface area contributed by atoms with Crippen LogP contribution in [0.3, 0.4) is 0 Å². The van der Waals surface area contributed by atoms with Crippen LogP contribution in [0.25, 0.3) is 0 Å². The number of hydrogen-bond donors (Lipinski definition) is 2. The molecule has 0 radical (unpaired) electrons. The van der Waals surface area contributed by atoms with Crippen molar-refractivity contribution in [3.8, 4) is 0 Å². The van der Waals surface area contributed by atoms with Crippen LogP contribution < -0.4 is 11.1 Å². The Morgan fingerprint density at radius 3 is 3.00 bits per heavy atom. The van der Waals surface area contributed by atoms with Gasteiger partial charge in [0.25, 0.3) is 0 Å². The van der Waals surface area contributed by atoms with E-state index in [9.17, 15) is 4.79 Å². The number of aromatic nitrogens is 1. The summed E-state index contributed by atoms with van der Waals surface area (Å²) in [5.74, 6) is -0.286. The summed E-state index contributed by atoms with van der Waals surface area (Å²) in [7, 11) is 0. The summed E-state index contributed by atoms with van der Waals surface area (Å²) in [6.45, 7) is 2.59. The summed E-state index contributed by atoms with van der Waals surface area (Å²) in [4.78, 5) is 14.7. The minimum absolute atomic E-state index is 0.0921. The molecule has 0 saturated heterocycles. The number of carbonyl (C=O) groups excluding carboxylic acids is 1. The van der Waals surface area contributed by atoms with Gasteiger partial charge in [-0.1, -0.05) is 6.07 Å². The molecule has 3 N–H and O–H groups in total. The van der Waals surface area contributed by atoms with E-state index in [0.29, 0.717) is 13.0 Å². The number of nitrogens with zero attached hydrogens (tertiary/aromatic N) is 1. The molecular formula is C10H15N3O. The Morgan fingerprint density at radius 1 is 1.64 bits per heavy atom. The van der Waals surface area contributed by atoms with Crippen LogP contribution >= 0.6 is 0 Å². The SMILES string of the molecule is CC(CC(N)=O)NCc1ccccn1. The van der Waals surface area contributed by atoms with E-state index in [0.717, 1.165) is 5.69 Å². The van der Waals surface area contributed by atoms with Crippen LogP contribution in [0.15, 0.2) is 24.4 Å². The fraction of sp³-hybridized carbons (Fsp3) is 0.400. The predicted octanol–water partition coefficient (Wildman–Crippen LogP) is 0.435. The van der Waals surface area contributed by atoms with Crippen LogP contribution in [-0.2, 0) is 11.3 Å². The topological polar surface area (TPSA) is 68.0 Å². The van der Waals surface area contributed by atoms with Gasteiger partial charge < -0.3 is 11.1 Å². The number of amides is 1. The molecule has 1 unspecified atom stereocenters. The summed E-state index contributed by atoms with van der Waals surface area (Å²) in [6.07, 6.45) is 2.10. The quantitative estimate of drug-likeness (QED) is 0.712. The molecule has 0 aliphatic rings. The summed E-state index contributed by atoms with van der Waals surface area (Å²) in [6, 6.07) is 5.83. The maximum Gasteiger partial charge on any atom is 0.218 e. The molecule has 1 heterocycles. The molecule has 0 aromatic carbocycles. The van der Waals surface area contributed by atoms with E-state index in [1.54, 1.807) is 6.20 Å². The lowest BCUT2D eigenvalue weighted by atomic mass is 10.2. The van der Waals surface area contributed by atoms with Gasteiger partial charge in [0.05, 0.1) is 5.69 Å². The van der Waals surface area contributed by atoms with Crippen molar-refractivity contribution >= 4 is 5.91 Å². The normalized spacial score (nSPS) is 12.4. The Morgan fingerprint density at radius 2 is 2.43 bits per heavy atom. The average Bonchev–Trinajstić information content (AvgIpc) is 2.15. The van der Waals surface area contributed by atoms with Crippen molar-refractivity contribution in [3.63, 3.8) is 0 Å². The molecule has 4 heteroatoms. The van der Waals surface area contributed by atoms with E-state index >= 15 is 0 Å². The molecule has 1 aromatic heterocycles. The van der Waals surface area contributed by atoms with Crippen LogP contribution in [0.5, 0.6) is 0 Å². The van der Waals surface area contributed by atoms with Crippen molar-refractivity contribution in [1.82, 2.24) is 10.3 Å². The Balaban J connectivity index is 2.30. The molecular weight excluding hydrogens is 178 g/mol. The van der Waals surface area contributed by atoms with Gasteiger partial charge >= 0.3 is 0 Å². The Labute approximate surface area is 83.5 Å². The van der Waals surface area contributed by atoms with E-state index in [1.807, 2.05) is 25.1 Å². The summed E-state index contributed by atoms with van der Waals surface area (Å²) in [5, 5.41) is 3.17. The average molecular weight is 193 g/mol. The van der Waals surface area contributed by atoms with Crippen LogP contribution in [-0.4, -0.2) is 16.9 Å². The molecule has 0 aliphatic heterocycles. The number of hydrogen-bond acceptors (Lipinski definition) is 3. The standard InChI is InChI=1S/C10H15N3O/c1-8(6-10(11)14)13-7-9-4-2-3-5-12-9/h2-5,8,13H,6-7H2,1H3,(H2,11,14). The van der Waals surface area contributed by atoms with Gasteiger partial charge in [0.2, 0.25) is 5.91 Å². The number of primary amides is 1. The highest BCUT2D eigenvalue weighted by Crippen LogP contribution is 1.95. The van der Waals surface area contributed by atoms with Crippen molar-refractivity contribution in [2.24, 2.45) is 5.73 Å². The first kappa shape index (κ1) is 10.7. The van der Waals surface area contributed by atoms with Crippen molar-refractivity contribution in [3.05, 3.63) is 30.1 Å². The number of nitrogens with two attached hydrogens (primary N) is 1. The third-order valence-electron chi connectivity index (χ3n) is 1.87. The smallest absolute Gasteiger partial charge is 0.218 e. The first-order valence-corrected chi connectivity index (χ1v) is 4.60. The largest absolute Gasteiger partial charge is 0.370 e. The van der Waals surface area contributed by atoms with E-state index in [4.69, 9.17) is 5.73 Å². The fourth-order valence-corrected chi connectivity index (χ4v) is 1.16. The van der Waals surface area contributed by atoms with Gasteiger partial charge in [-0.3, -0.25) is 9.78 Å². The highest BCUT2D eigenvalue weighted by Gasteiger charge is 2.04. The minimum Gasteiger partial charge on any atom is -0.370 e. The molecule has 76 valence electrons. The second kappa shape index (κ2) is 5.34. The zero-order valence-electron chi connectivity index (χ0n) is 8.23. The Kier molecular flexibility index (Phi) is 4.07. The zero-order chi connectivity index (χ0) is 10.4. The van der Waals surface area contributed by atoms with Crippen LogP contribution in [0.1, 0.15) is 19.0 Å². The molecule has 1 rings (SSSR count). The highest BCUT2D eigenvalue weighted by molar-refractivity contribution is 5.74. The monoisotopic (exact) mass is 193 g/mol. The molecule has 0 fully saturated rings. The third-order valence-corrected chi connectivity index (χ3v) is 1.87. The fourth-order valence-electron chi connectivity index (χ4n) is 1.16. The van der Waals surface area contributed by atoms with Gasteiger partial charge in [-0.25, -0.2) is 0 Å². The lowest BCUT2D eigenvalue weighted by molar-refractivity contribution is -0.118. The van der Waals surface area contributed by atoms with Gasteiger partial charge in [0, 0.05) is 25.2 Å². The summed E-state index contributed by atoms with van der Waals surface area (Å²) >= 11 is 0. The van der Waals surface area contributed by atoms with Crippen molar-refractivity contribution < 1.29 is 4.79 Å². The van der Waals surface area contributed by atoms with Crippen LogP contribution in [0.2, 0.25) is 0 Å².